The number of rotatable bonds is 2. The summed E-state index contributed by atoms with van der Waals surface area (Å²) < 4.78 is 0. The van der Waals surface area contributed by atoms with Gasteiger partial charge in [0.2, 0.25) is 0 Å². The van der Waals surface area contributed by atoms with Crippen molar-refractivity contribution >= 4 is 13.3 Å². The second-order valence-electron chi connectivity index (χ2n) is 8.88. The molecule has 0 fully saturated rings. The summed E-state index contributed by atoms with van der Waals surface area (Å²) in [6.45, 7) is 16.1. The maximum atomic E-state index is 6.41. The molecular weight excluding hydrogens is 310 g/mol. The molecule has 1 aliphatic heterocycles. The first kappa shape index (κ1) is 17.2. The van der Waals surface area contributed by atoms with Gasteiger partial charge in [-0.15, -0.1) is 5.06 Å². The second-order valence-corrected chi connectivity index (χ2v) is 13.9. The van der Waals surface area contributed by atoms with Crippen LogP contribution in [0.5, 0.6) is 5.75 Å². The molecule has 1 aliphatic rings. The summed E-state index contributed by atoms with van der Waals surface area (Å²) in [7, 11) is -1.49. The van der Waals surface area contributed by atoms with Crippen molar-refractivity contribution < 1.29 is 4.84 Å². The lowest BCUT2D eigenvalue weighted by Crippen LogP contribution is -2.45. The van der Waals surface area contributed by atoms with Crippen LogP contribution in [0.25, 0.3) is 0 Å². The monoisotopic (exact) mass is 339 g/mol. The highest BCUT2D eigenvalue weighted by atomic mass is 28.3. The highest BCUT2D eigenvalue weighted by molar-refractivity contribution is 6.89. The summed E-state index contributed by atoms with van der Waals surface area (Å²) in [5, 5.41) is 3.69. The van der Waals surface area contributed by atoms with Crippen LogP contribution in [0.1, 0.15) is 43.5 Å². The van der Waals surface area contributed by atoms with Crippen LogP contribution in [0.15, 0.2) is 42.5 Å². The van der Waals surface area contributed by atoms with Crippen molar-refractivity contribution in [2.24, 2.45) is 0 Å². The minimum absolute atomic E-state index is 0.0792. The lowest BCUT2D eigenvalue weighted by molar-refractivity contribution is -0.128. The van der Waals surface area contributed by atoms with Crippen LogP contribution in [0.2, 0.25) is 19.6 Å². The van der Waals surface area contributed by atoms with Gasteiger partial charge in [0.05, 0.1) is 14.1 Å². The highest BCUT2D eigenvalue weighted by Gasteiger charge is 2.43. The molecule has 2 nitrogen and oxygen atoms in total. The van der Waals surface area contributed by atoms with Crippen molar-refractivity contribution in [2.75, 3.05) is 0 Å². The molecule has 1 heterocycles. The van der Waals surface area contributed by atoms with Crippen LogP contribution in [0.3, 0.4) is 0 Å². The van der Waals surface area contributed by atoms with Crippen molar-refractivity contribution in [3.8, 4) is 5.75 Å². The third-order valence-corrected chi connectivity index (χ3v) is 6.61. The first-order valence-electron chi connectivity index (χ1n) is 8.76. The maximum absolute atomic E-state index is 6.41. The molecule has 0 radical (unpaired) electrons. The smallest absolute Gasteiger partial charge is 0.152 e. The zero-order valence-corrected chi connectivity index (χ0v) is 17.0. The first-order chi connectivity index (χ1) is 11.1. The molecule has 0 amide bonds. The first-order valence-corrected chi connectivity index (χ1v) is 12.3. The van der Waals surface area contributed by atoms with E-state index in [1.54, 1.807) is 0 Å². The van der Waals surface area contributed by atoms with Crippen LogP contribution in [0.4, 0.5) is 0 Å². The average molecular weight is 340 g/mol. The maximum Gasteiger partial charge on any atom is 0.152 e. The second kappa shape index (κ2) is 5.75. The Morgan fingerprint density at radius 3 is 2.17 bits per heavy atom. The molecule has 2 aromatic rings. The number of nitrogens with zero attached hydrogens (tertiary/aromatic N) is 1. The molecule has 0 saturated carbocycles. The summed E-state index contributed by atoms with van der Waals surface area (Å²) >= 11 is 0. The normalized spacial score (nSPS) is 18.4. The number of hydroxylamine groups is 2. The van der Waals surface area contributed by atoms with Gasteiger partial charge in [0.25, 0.3) is 0 Å². The minimum atomic E-state index is -1.49. The molecule has 128 valence electrons. The van der Waals surface area contributed by atoms with Gasteiger partial charge in [-0.25, -0.2) is 0 Å². The van der Waals surface area contributed by atoms with Gasteiger partial charge >= 0.3 is 0 Å². The molecule has 0 saturated heterocycles. The quantitative estimate of drug-likeness (QED) is 0.711. The summed E-state index contributed by atoms with van der Waals surface area (Å²) in [5.74, 6) is 1.04. The SMILES string of the molecule is Cc1cc2c(c([Si](C)(C)C)c1)C(c1ccccc1)N(C(C)(C)C)O2. The molecule has 0 bridgehead atoms. The predicted octanol–water partition coefficient (Wildman–Crippen LogP) is 5.04. The number of hydrogen-bond donors (Lipinski definition) is 0. The summed E-state index contributed by atoms with van der Waals surface area (Å²) in [5.41, 5.74) is 3.88. The van der Waals surface area contributed by atoms with E-state index in [4.69, 9.17) is 4.84 Å². The molecule has 3 heteroatoms. The largest absolute Gasteiger partial charge is 0.404 e. The van der Waals surface area contributed by atoms with E-state index in [-0.39, 0.29) is 11.6 Å². The highest BCUT2D eigenvalue weighted by Crippen LogP contribution is 2.45. The Hall–Kier alpha value is -1.58. The van der Waals surface area contributed by atoms with E-state index in [2.05, 4.69) is 94.9 Å². The van der Waals surface area contributed by atoms with E-state index in [9.17, 15) is 0 Å². The molecular formula is C21H29NOSi. The zero-order valence-electron chi connectivity index (χ0n) is 16.0. The number of fused-ring (bicyclic) bond motifs is 1. The van der Waals surface area contributed by atoms with Crippen LogP contribution in [-0.2, 0) is 0 Å². The van der Waals surface area contributed by atoms with Gasteiger partial charge in [-0.3, -0.25) is 0 Å². The van der Waals surface area contributed by atoms with Crippen LogP contribution >= 0.6 is 0 Å². The Morgan fingerprint density at radius 1 is 1.00 bits per heavy atom. The summed E-state index contributed by atoms with van der Waals surface area (Å²) in [6.07, 6.45) is 0. The van der Waals surface area contributed by atoms with E-state index >= 15 is 0 Å². The van der Waals surface area contributed by atoms with Crippen LogP contribution < -0.4 is 10.0 Å². The zero-order chi connectivity index (χ0) is 17.7. The Bertz CT molecular complexity index is 741. The fraction of sp³-hybridized carbons (Fsp3) is 0.429. The third kappa shape index (κ3) is 3.03. The topological polar surface area (TPSA) is 12.5 Å². The molecule has 0 N–H and O–H groups in total. The van der Waals surface area contributed by atoms with Crippen molar-refractivity contribution in [1.29, 1.82) is 0 Å². The van der Waals surface area contributed by atoms with Gasteiger partial charge in [0.1, 0.15) is 0 Å². The summed E-state index contributed by atoms with van der Waals surface area (Å²) in [6, 6.07) is 15.5. The molecule has 0 aromatic heterocycles. The van der Waals surface area contributed by atoms with E-state index < -0.39 is 8.07 Å². The minimum Gasteiger partial charge on any atom is -0.404 e. The van der Waals surface area contributed by atoms with Gasteiger partial charge in [0, 0.05) is 11.1 Å². The van der Waals surface area contributed by atoms with E-state index in [0.717, 1.165) is 5.75 Å². The van der Waals surface area contributed by atoms with Crippen molar-refractivity contribution in [1.82, 2.24) is 5.06 Å². The fourth-order valence-electron chi connectivity index (χ4n) is 3.48. The molecule has 24 heavy (non-hydrogen) atoms. The van der Waals surface area contributed by atoms with Gasteiger partial charge in [-0.1, -0.05) is 61.2 Å². The Kier molecular flexibility index (Phi) is 4.13. The lowest BCUT2D eigenvalue weighted by atomic mass is 9.94. The summed E-state index contributed by atoms with van der Waals surface area (Å²) in [4.78, 5) is 6.41. The fourth-order valence-corrected chi connectivity index (χ4v) is 5.21. The Labute approximate surface area is 147 Å². The average Bonchev–Trinajstić information content (AvgIpc) is 2.85. The van der Waals surface area contributed by atoms with Gasteiger partial charge < -0.3 is 4.84 Å². The lowest BCUT2D eigenvalue weighted by Gasteiger charge is -2.35. The van der Waals surface area contributed by atoms with Crippen LogP contribution in [0, 0.1) is 6.92 Å². The molecule has 3 rings (SSSR count). The standard InChI is InChI=1S/C21H29NOSi/c1-15-13-17-19(18(14-15)24(5,6)7)20(16-11-9-8-10-12-16)22(23-17)21(2,3)4/h8-14,20H,1-7H3. The van der Waals surface area contributed by atoms with E-state index in [0.29, 0.717) is 0 Å². The van der Waals surface area contributed by atoms with Crippen molar-refractivity contribution in [3.05, 3.63) is 59.2 Å². The van der Waals surface area contributed by atoms with Gasteiger partial charge in [-0.05, 0) is 44.9 Å². The Balaban J connectivity index is 2.27. The predicted molar refractivity (Wildman–Crippen MR) is 105 cm³/mol. The molecule has 2 aromatic carbocycles. The molecule has 1 atom stereocenters. The van der Waals surface area contributed by atoms with Crippen LogP contribution in [-0.4, -0.2) is 18.7 Å². The molecule has 1 unspecified atom stereocenters. The molecule has 0 spiro atoms. The number of benzene rings is 2. The van der Waals surface area contributed by atoms with Gasteiger partial charge in [0.15, 0.2) is 5.75 Å². The molecule has 0 aliphatic carbocycles. The number of aryl methyl sites for hydroxylation is 1. The Morgan fingerprint density at radius 2 is 1.62 bits per heavy atom. The third-order valence-electron chi connectivity index (χ3n) is 4.58. The van der Waals surface area contributed by atoms with Crippen molar-refractivity contribution in [2.45, 2.75) is 58.9 Å². The van der Waals surface area contributed by atoms with Gasteiger partial charge in [-0.2, -0.15) is 0 Å². The van der Waals surface area contributed by atoms with Crippen molar-refractivity contribution in [3.63, 3.8) is 0 Å². The van der Waals surface area contributed by atoms with E-state index in [1.807, 2.05) is 0 Å². The van der Waals surface area contributed by atoms with E-state index in [1.165, 1.54) is 21.9 Å². The number of hydrogen-bond acceptors (Lipinski definition) is 2.